The third-order valence-corrected chi connectivity index (χ3v) is 4.21. The van der Waals surface area contributed by atoms with E-state index in [2.05, 4.69) is 36.8 Å². The standard InChI is InChI=1S/C15H8Br2FNO/c16-9-2-3-10-11(7-19-14(10)6-9)15(20)8-1-4-12(17)13(18)5-8/h1-7,19H. The summed E-state index contributed by atoms with van der Waals surface area (Å²) in [6, 6.07) is 10.0. The normalized spacial score (nSPS) is 10.9. The molecule has 0 bridgehead atoms. The van der Waals surface area contributed by atoms with Crippen LogP contribution in [0.1, 0.15) is 15.9 Å². The SMILES string of the molecule is O=C(c1ccc(Br)c(F)c1)c1c[nH]c2cc(Br)ccc12. The van der Waals surface area contributed by atoms with Crippen molar-refractivity contribution < 1.29 is 9.18 Å². The van der Waals surface area contributed by atoms with Crippen molar-refractivity contribution in [2.24, 2.45) is 0 Å². The minimum atomic E-state index is -0.446. The molecule has 100 valence electrons. The maximum absolute atomic E-state index is 13.5. The first-order valence-corrected chi connectivity index (χ1v) is 7.41. The number of nitrogens with one attached hydrogen (secondary N) is 1. The fraction of sp³-hybridized carbons (Fsp3) is 0. The Kier molecular flexibility index (Phi) is 3.48. The summed E-state index contributed by atoms with van der Waals surface area (Å²) in [6.07, 6.45) is 1.65. The van der Waals surface area contributed by atoms with Crippen LogP contribution >= 0.6 is 31.9 Å². The van der Waals surface area contributed by atoms with Crippen molar-refractivity contribution in [2.45, 2.75) is 0 Å². The summed E-state index contributed by atoms with van der Waals surface area (Å²) in [7, 11) is 0. The molecule has 1 heterocycles. The zero-order valence-electron chi connectivity index (χ0n) is 10.1. The molecule has 2 aromatic carbocycles. The summed E-state index contributed by atoms with van der Waals surface area (Å²) in [6.45, 7) is 0. The fourth-order valence-corrected chi connectivity index (χ4v) is 2.69. The molecule has 0 saturated carbocycles. The van der Waals surface area contributed by atoms with Crippen LogP contribution in [0.3, 0.4) is 0 Å². The highest BCUT2D eigenvalue weighted by molar-refractivity contribution is 9.10. The number of H-pyrrole nitrogens is 1. The van der Waals surface area contributed by atoms with E-state index < -0.39 is 5.82 Å². The van der Waals surface area contributed by atoms with Crippen LogP contribution in [0, 0.1) is 5.82 Å². The summed E-state index contributed by atoms with van der Waals surface area (Å²) in [5.74, 6) is -0.650. The van der Waals surface area contributed by atoms with Gasteiger partial charge in [0.2, 0.25) is 0 Å². The Morgan fingerprint density at radius 2 is 1.90 bits per heavy atom. The van der Waals surface area contributed by atoms with Gasteiger partial charge in [0.25, 0.3) is 0 Å². The molecule has 0 radical (unpaired) electrons. The quantitative estimate of drug-likeness (QED) is 0.603. The van der Waals surface area contributed by atoms with E-state index in [-0.39, 0.29) is 5.78 Å². The summed E-state index contributed by atoms with van der Waals surface area (Å²) >= 11 is 6.46. The zero-order chi connectivity index (χ0) is 14.3. The second kappa shape index (κ2) is 5.14. The van der Waals surface area contributed by atoms with Crippen LogP contribution in [0.2, 0.25) is 0 Å². The Bertz CT molecular complexity index is 826. The predicted molar refractivity (Wildman–Crippen MR) is 83.5 cm³/mol. The van der Waals surface area contributed by atoms with E-state index in [1.165, 1.54) is 12.1 Å². The molecule has 0 aliphatic heterocycles. The molecular formula is C15H8Br2FNO. The smallest absolute Gasteiger partial charge is 0.195 e. The maximum atomic E-state index is 13.5. The van der Waals surface area contributed by atoms with Gasteiger partial charge in [0.15, 0.2) is 5.78 Å². The molecule has 3 aromatic rings. The molecule has 0 aliphatic rings. The first-order valence-electron chi connectivity index (χ1n) is 5.82. The van der Waals surface area contributed by atoms with Crippen LogP contribution in [0.5, 0.6) is 0 Å². The molecule has 1 N–H and O–H groups in total. The Morgan fingerprint density at radius 1 is 1.10 bits per heavy atom. The highest BCUT2D eigenvalue weighted by Gasteiger charge is 2.15. The number of aromatic amines is 1. The lowest BCUT2D eigenvalue weighted by Gasteiger charge is -2.01. The molecule has 2 nitrogen and oxygen atoms in total. The third kappa shape index (κ3) is 2.31. The lowest BCUT2D eigenvalue weighted by Crippen LogP contribution is -2.01. The van der Waals surface area contributed by atoms with Crippen LogP contribution in [0.15, 0.2) is 51.5 Å². The largest absolute Gasteiger partial charge is 0.360 e. The molecule has 0 amide bonds. The van der Waals surface area contributed by atoms with Crippen molar-refractivity contribution in [3.8, 4) is 0 Å². The van der Waals surface area contributed by atoms with E-state index in [0.29, 0.717) is 15.6 Å². The van der Waals surface area contributed by atoms with Crippen molar-refractivity contribution >= 4 is 48.5 Å². The van der Waals surface area contributed by atoms with Crippen molar-refractivity contribution in [2.75, 3.05) is 0 Å². The van der Waals surface area contributed by atoms with Gasteiger partial charge in [-0.1, -0.05) is 22.0 Å². The van der Waals surface area contributed by atoms with Gasteiger partial charge in [0, 0.05) is 32.7 Å². The number of carbonyl (C=O) groups excluding carboxylic acids is 1. The van der Waals surface area contributed by atoms with Gasteiger partial charge in [-0.3, -0.25) is 4.79 Å². The number of rotatable bonds is 2. The number of carbonyl (C=O) groups is 1. The minimum absolute atomic E-state index is 0.204. The van der Waals surface area contributed by atoms with Gasteiger partial charge in [-0.25, -0.2) is 4.39 Å². The predicted octanol–water partition coefficient (Wildman–Crippen LogP) is 5.06. The van der Waals surface area contributed by atoms with Gasteiger partial charge < -0.3 is 4.98 Å². The molecule has 3 rings (SSSR count). The summed E-state index contributed by atoms with van der Waals surface area (Å²) < 4.78 is 14.8. The molecule has 5 heteroatoms. The second-order valence-electron chi connectivity index (χ2n) is 4.35. The number of halogens is 3. The van der Waals surface area contributed by atoms with Crippen molar-refractivity contribution in [1.29, 1.82) is 0 Å². The van der Waals surface area contributed by atoms with Crippen molar-refractivity contribution in [3.05, 3.63) is 68.5 Å². The van der Waals surface area contributed by atoms with E-state index >= 15 is 0 Å². The Labute approximate surface area is 131 Å². The molecular weight excluding hydrogens is 389 g/mol. The van der Waals surface area contributed by atoms with E-state index in [1.807, 2.05) is 18.2 Å². The maximum Gasteiger partial charge on any atom is 0.195 e. The lowest BCUT2D eigenvalue weighted by molar-refractivity contribution is 0.104. The molecule has 0 spiro atoms. The van der Waals surface area contributed by atoms with Gasteiger partial charge in [0.05, 0.1) is 4.47 Å². The highest BCUT2D eigenvalue weighted by Crippen LogP contribution is 2.25. The molecule has 0 saturated heterocycles. The number of hydrogen-bond donors (Lipinski definition) is 1. The number of benzene rings is 2. The number of hydrogen-bond acceptors (Lipinski definition) is 1. The molecule has 0 atom stereocenters. The molecule has 0 fully saturated rings. The van der Waals surface area contributed by atoms with Gasteiger partial charge >= 0.3 is 0 Å². The molecule has 0 aliphatic carbocycles. The van der Waals surface area contributed by atoms with Crippen LogP contribution in [0.4, 0.5) is 4.39 Å². The van der Waals surface area contributed by atoms with Gasteiger partial charge in [0.1, 0.15) is 5.82 Å². The van der Waals surface area contributed by atoms with Gasteiger partial charge in [-0.15, -0.1) is 0 Å². The average Bonchev–Trinajstić information content (AvgIpc) is 2.84. The number of ketones is 1. The van der Waals surface area contributed by atoms with Crippen LogP contribution < -0.4 is 0 Å². The van der Waals surface area contributed by atoms with Gasteiger partial charge in [-0.05, 0) is 46.3 Å². The molecule has 0 unspecified atom stereocenters. The van der Waals surface area contributed by atoms with Crippen LogP contribution in [0.25, 0.3) is 10.9 Å². The number of aromatic nitrogens is 1. The Hall–Kier alpha value is -1.46. The van der Waals surface area contributed by atoms with Crippen molar-refractivity contribution in [3.63, 3.8) is 0 Å². The molecule has 1 aromatic heterocycles. The van der Waals surface area contributed by atoms with E-state index in [4.69, 9.17) is 0 Å². The highest BCUT2D eigenvalue weighted by atomic mass is 79.9. The third-order valence-electron chi connectivity index (χ3n) is 3.07. The topological polar surface area (TPSA) is 32.9 Å². The van der Waals surface area contributed by atoms with Crippen LogP contribution in [-0.2, 0) is 0 Å². The minimum Gasteiger partial charge on any atom is -0.360 e. The average molecular weight is 397 g/mol. The second-order valence-corrected chi connectivity index (χ2v) is 6.12. The lowest BCUT2D eigenvalue weighted by atomic mass is 10.0. The number of fused-ring (bicyclic) bond motifs is 1. The first-order chi connectivity index (χ1) is 9.56. The molecule has 20 heavy (non-hydrogen) atoms. The first kappa shape index (κ1) is 13.5. The summed E-state index contributed by atoms with van der Waals surface area (Å²) in [5.41, 5.74) is 1.73. The Morgan fingerprint density at radius 3 is 2.65 bits per heavy atom. The van der Waals surface area contributed by atoms with E-state index in [1.54, 1.807) is 12.3 Å². The summed E-state index contributed by atoms with van der Waals surface area (Å²) in [4.78, 5) is 15.5. The monoisotopic (exact) mass is 395 g/mol. The van der Waals surface area contributed by atoms with Crippen molar-refractivity contribution in [1.82, 2.24) is 4.98 Å². The summed E-state index contributed by atoms with van der Waals surface area (Å²) in [5, 5.41) is 0.821. The van der Waals surface area contributed by atoms with Gasteiger partial charge in [-0.2, -0.15) is 0 Å². The van der Waals surface area contributed by atoms with E-state index in [0.717, 1.165) is 15.4 Å². The van der Waals surface area contributed by atoms with E-state index in [9.17, 15) is 9.18 Å². The fourth-order valence-electron chi connectivity index (χ4n) is 2.08. The Balaban J connectivity index is 2.10. The zero-order valence-corrected chi connectivity index (χ0v) is 13.3. The van der Waals surface area contributed by atoms with Crippen LogP contribution in [-0.4, -0.2) is 10.8 Å².